The Morgan fingerprint density at radius 2 is 1.69 bits per heavy atom. The van der Waals surface area contributed by atoms with E-state index in [2.05, 4.69) is 101 Å². The maximum atomic E-state index is 4.82. The fourth-order valence-corrected chi connectivity index (χ4v) is 5.41. The number of aryl methyl sites for hydroxylation is 2. The van der Waals surface area contributed by atoms with E-state index in [9.17, 15) is 0 Å². The maximum Gasteiger partial charge on any atom is 0.0199 e. The van der Waals surface area contributed by atoms with Gasteiger partial charge in [-0.1, -0.05) is 70.2 Å². The van der Waals surface area contributed by atoms with Gasteiger partial charge in [0.15, 0.2) is 0 Å². The summed E-state index contributed by atoms with van der Waals surface area (Å²) in [5, 5.41) is 2.59. The molecule has 0 aliphatic heterocycles. The van der Waals surface area contributed by atoms with Gasteiger partial charge < -0.3 is 4.98 Å². The van der Waals surface area contributed by atoms with Crippen LogP contribution in [0, 0.1) is 6.08 Å². The van der Waals surface area contributed by atoms with Gasteiger partial charge in [0.2, 0.25) is 0 Å². The Bertz CT molecular complexity index is 1260. The molecule has 32 heavy (non-hydrogen) atoms. The Kier molecular flexibility index (Phi) is 5.90. The zero-order chi connectivity index (χ0) is 21.8. The average Bonchev–Trinajstić information content (AvgIpc) is 2.76. The number of nitrogens with zero attached hydrogens (tertiary/aromatic N) is 1. The van der Waals surface area contributed by atoms with Crippen molar-refractivity contribution in [3.8, 4) is 0 Å². The van der Waals surface area contributed by atoms with Crippen LogP contribution < -0.4 is 0 Å². The van der Waals surface area contributed by atoms with E-state index >= 15 is 0 Å². The first kappa shape index (κ1) is 22.9. The summed E-state index contributed by atoms with van der Waals surface area (Å²) in [5.41, 5.74) is 8.59. The predicted molar refractivity (Wildman–Crippen MR) is 131 cm³/mol. The van der Waals surface area contributed by atoms with E-state index in [0.717, 1.165) is 24.1 Å². The minimum atomic E-state index is -0.0766. The molecule has 0 amide bonds. The van der Waals surface area contributed by atoms with Crippen LogP contribution in [-0.2, 0) is 43.8 Å². The van der Waals surface area contributed by atoms with Crippen LogP contribution in [0.25, 0.3) is 16.3 Å². The Morgan fingerprint density at radius 1 is 0.969 bits per heavy atom. The summed E-state index contributed by atoms with van der Waals surface area (Å²) >= 11 is 0. The second-order valence-corrected chi connectivity index (χ2v) is 10.1. The Balaban J connectivity index is 0.00000245. The van der Waals surface area contributed by atoms with E-state index in [1.807, 2.05) is 0 Å². The molecule has 0 unspecified atom stereocenters. The summed E-state index contributed by atoms with van der Waals surface area (Å²) in [5.74, 6) is 0. The smallest absolute Gasteiger partial charge is 0.0199 e. The van der Waals surface area contributed by atoms with Crippen molar-refractivity contribution in [2.75, 3.05) is 0 Å². The maximum absolute atomic E-state index is 4.82. The SMILES string of the molecule is C=C([C-]=CC1=CC(C)(C)c2ccccc2C1(C)C)c1ncc2c3c(cccc13)CCC2.[Ir]. The molecule has 0 fully saturated rings. The van der Waals surface area contributed by atoms with Crippen molar-refractivity contribution in [2.24, 2.45) is 0 Å². The van der Waals surface area contributed by atoms with Gasteiger partial charge in [0.1, 0.15) is 0 Å². The van der Waals surface area contributed by atoms with E-state index in [1.165, 1.54) is 45.0 Å². The van der Waals surface area contributed by atoms with Gasteiger partial charge in [-0.2, -0.15) is 6.58 Å². The van der Waals surface area contributed by atoms with E-state index < -0.39 is 0 Å². The van der Waals surface area contributed by atoms with E-state index in [0.29, 0.717) is 0 Å². The Labute approximate surface area is 205 Å². The fourth-order valence-electron chi connectivity index (χ4n) is 5.41. The molecule has 1 heterocycles. The van der Waals surface area contributed by atoms with Gasteiger partial charge in [-0.15, -0.1) is 29.4 Å². The number of hydrogen-bond acceptors (Lipinski definition) is 1. The van der Waals surface area contributed by atoms with Gasteiger partial charge in [0, 0.05) is 31.7 Å². The fraction of sp³-hybridized carbons (Fsp3) is 0.300. The summed E-state index contributed by atoms with van der Waals surface area (Å²) in [6.07, 6.45) is 13.6. The number of benzene rings is 2. The second kappa shape index (κ2) is 8.25. The molecule has 2 aromatic carbocycles. The molecule has 0 bridgehead atoms. The number of rotatable bonds is 3. The molecule has 0 spiro atoms. The van der Waals surface area contributed by atoms with Crippen LogP contribution in [0.5, 0.6) is 0 Å². The van der Waals surface area contributed by atoms with E-state index in [4.69, 9.17) is 4.98 Å². The summed E-state index contributed by atoms with van der Waals surface area (Å²) in [6, 6.07) is 15.4. The molecule has 0 atom stereocenters. The van der Waals surface area contributed by atoms with Crippen LogP contribution in [0.15, 0.2) is 73.0 Å². The van der Waals surface area contributed by atoms with Gasteiger partial charge in [-0.25, -0.2) is 0 Å². The third-order valence-electron chi connectivity index (χ3n) is 7.19. The van der Waals surface area contributed by atoms with Crippen molar-refractivity contribution in [1.82, 2.24) is 4.98 Å². The van der Waals surface area contributed by atoms with Crippen LogP contribution >= 0.6 is 0 Å². The summed E-state index contributed by atoms with van der Waals surface area (Å²) in [4.78, 5) is 4.82. The number of pyridine rings is 1. The Morgan fingerprint density at radius 3 is 2.47 bits per heavy atom. The largest absolute Gasteiger partial charge is 0.304 e. The molecular formula is C30H30IrN-. The third-order valence-corrected chi connectivity index (χ3v) is 7.19. The van der Waals surface area contributed by atoms with Gasteiger partial charge in [-0.05, 0) is 63.4 Å². The molecule has 2 heteroatoms. The first-order chi connectivity index (χ1) is 14.8. The van der Waals surface area contributed by atoms with Crippen LogP contribution in [0.2, 0.25) is 0 Å². The van der Waals surface area contributed by atoms with Crippen LogP contribution in [0.3, 0.4) is 0 Å². The van der Waals surface area contributed by atoms with Crippen molar-refractivity contribution in [1.29, 1.82) is 0 Å². The number of allylic oxidation sites excluding steroid dienone is 5. The zero-order valence-electron chi connectivity index (χ0n) is 19.4. The van der Waals surface area contributed by atoms with Gasteiger partial charge in [0.25, 0.3) is 0 Å². The Hall–Kier alpha value is -2.28. The van der Waals surface area contributed by atoms with E-state index in [1.54, 1.807) is 0 Å². The zero-order valence-corrected chi connectivity index (χ0v) is 21.8. The first-order valence-electron chi connectivity index (χ1n) is 11.3. The topological polar surface area (TPSA) is 12.9 Å². The summed E-state index contributed by atoms with van der Waals surface area (Å²) in [7, 11) is 0. The van der Waals surface area contributed by atoms with Crippen molar-refractivity contribution in [2.45, 2.75) is 57.8 Å². The molecule has 2 aliphatic carbocycles. The molecule has 3 aromatic rings. The van der Waals surface area contributed by atoms with E-state index in [-0.39, 0.29) is 30.9 Å². The molecule has 0 N–H and O–H groups in total. The summed E-state index contributed by atoms with van der Waals surface area (Å²) < 4.78 is 0. The molecular weight excluding hydrogens is 567 g/mol. The number of fused-ring (bicyclic) bond motifs is 1. The van der Waals surface area contributed by atoms with Gasteiger partial charge >= 0.3 is 0 Å². The molecule has 0 saturated carbocycles. The second-order valence-electron chi connectivity index (χ2n) is 10.1. The molecule has 2 aliphatic rings. The van der Waals surface area contributed by atoms with Gasteiger partial charge in [0.05, 0.1) is 0 Å². The standard InChI is InChI=1S/C30H30N.Ir/c1-20(28-24-13-9-11-21-10-8-12-22(19-31-28)27(21)24)16-17-23-18-29(2,3)25-14-6-7-15-26(25)30(23,4)5;/h6-7,9,11,13-15,17-19H,1,8,10,12H2,2-5H3;/q-1;. The predicted octanol–water partition coefficient (Wildman–Crippen LogP) is 7.29. The van der Waals surface area contributed by atoms with Gasteiger partial charge in [-0.3, -0.25) is 0 Å². The average molecular weight is 597 g/mol. The molecule has 165 valence electrons. The molecule has 1 nitrogen and oxygen atoms in total. The number of aromatic nitrogens is 1. The quantitative estimate of drug-likeness (QED) is 0.229. The normalized spacial score (nSPS) is 18.1. The van der Waals surface area contributed by atoms with Crippen LogP contribution in [-0.4, -0.2) is 4.98 Å². The summed E-state index contributed by atoms with van der Waals surface area (Å²) in [6.45, 7) is 13.5. The minimum Gasteiger partial charge on any atom is -0.304 e. The third kappa shape index (κ3) is 3.64. The molecule has 1 radical (unpaired) electrons. The molecule has 0 saturated heterocycles. The minimum absolute atomic E-state index is 0. The van der Waals surface area contributed by atoms with Crippen LogP contribution in [0.1, 0.15) is 62.1 Å². The number of hydrogen-bond donors (Lipinski definition) is 0. The molecule has 5 rings (SSSR count). The van der Waals surface area contributed by atoms with Crippen molar-refractivity contribution >= 4 is 16.3 Å². The molecule has 1 aromatic heterocycles. The monoisotopic (exact) mass is 597 g/mol. The van der Waals surface area contributed by atoms with Crippen molar-refractivity contribution in [3.63, 3.8) is 0 Å². The van der Waals surface area contributed by atoms with Crippen LogP contribution in [0.4, 0.5) is 0 Å². The first-order valence-corrected chi connectivity index (χ1v) is 11.3. The van der Waals surface area contributed by atoms with Crippen molar-refractivity contribution < 1.29 is 20.1 Å². The van der Waals surface area contributed by atoms with Crippen molar-refractivity contribution in [3.05, 3.63) is 107 Å².